The molecule has 1 aromatic rings. The Hall–Kier alpha value is -0.0500. The molecule has 0 bridgehead atoms. The van der Waals surface area contributed by atoms with Crippen LogP contribution in [0.1, 0.15) is 11.1 Å². The van der Waals surface area contributed by atoms with Crippen LogP contribution in [0.3, 0.4) is 0 Å². The van der Waals surface area contributed by atoms with E-state index in [1.54, 1.807) is 0 Å². The summed E-state index contributed by atoms with van der Waals surface area (Å²) in [5.41, 5.74) is 2.93. The molecule has 12 heavy (non-hydrogen) atoms. The summed E-state index contributed by atoms with van der Waals surface area (Å²) in [5, 5.41) is 0. The number of nitrogens with zero attached hydrogens (tertiary/aromatic N) is 1. The van der Waals surface area contributed by atoms with E-state index in [9.17, 15) is 0 Å². The second kappa shape index (κ2) is 3.77. The van der Waals surface area contributed by atoms with Gasteiger partial charge in [-0.15, -0.1) is 12.4 Å². The molecule has 0 saturated carbocycles. The highest BCUT2D eigenvalue weighted by atomic mass is 79.9. The molecule has 1 aliphatic heterocycles. The summed E-state index contributed by atoms with van der Waals surface area (Å²) in [6, 6.07) is 6.51. The van der Waals surface area contributed by atoms with E-state index in [1.165, 1.54) is 15.6 Å². The van der Waals surface area contributed by atoms with E-state index < -0.39 is 0 Å². The van der Waals surface area contributed by atoms with Gasteiger partial charge < -0.3 is 0 Å². The van der Waals surface area contributed by atoms with Crippen molar-refractivity contribution in [2.24, 2.45) is 0 Å². The van der Waals surface area contributed by atoms with E-state index in [1.807, 2.05) is 0 Å². The van der Waals surface area contributed by atoms with Crippen LogP contribution in [0.4, 0.5) is 0 Å². The summed E-state index contributed by atoms with van der Waals surface area (Å²) in [6.07, 6.45) is 0. The van der Waals surface area contributed by atoms with Crippen molar-refractivity contribution in [1.29, 1.82) is 0 Å². The van der Waals surface area contributed by atoms with Gasteiger partial charge in [0.1, 0.15) is 0 Å². The highest BCUT2D eigenvalue weighted by molar-refractivity contribution is 9.10. The lowest BCUT2D eigenvalue weighted by Crippen LogP contribution is -2.07. The molecular weight excluding hydrogens is 237 g/mol. The van der Waals surface area contributed by atoms with Gasteiger partial charge in [0.2, 0.25) is 0 Å². The topological polar surface area (TPSA) is 3.24 Å². The first kappa shape index (κ1) is 10.0. The molecule has 0 saturated heterocycles. The Labute approximate surface area is 87.3 Å². The van der Waals surface area contributed by atoms with Gasteiger partial charge in [-0.05, 0) is 30.3 Å². The van der Waals surface area contributed by atoms with E-state index in [0.29, 0.717) is 0 Å². The normalized spacial score (nSPS) is 15.5. The van der Waals surface area contributed by atoms with E-state index in [4.69, 9.17) is 0 Å². The van der Waals surface area contributed by atoms with Crippen molar-refractivity contribution in [3.8, 4) is 0 Å². The molecule has 1 aromatic carbocycles. The van der Waals surface area contributed by atoms with E-state index in [-0.39, 0.29) is 12.4 Å². The van der Waals surface area contributed by atoms with Crippen LogP contribution in [0.5, 0.6) is 0 Å². The maximum atomic E-state index is 3.47. The molecule has 0 N–H and O–H groups in total. The van der Waals surface area contributed by atoms with Gasteiger partial charge in [0.05, 0.1) is 0 Å². The molecule has 1 heterocycles. The van der Waals surface area contributed by atoms with Gasteiger partial charge in [-0.2, -0.15) is 0 Å². The average molecular weight is 249 g/mol. The lowest BCUT2D eigenvalue weighted by molar-refractivity contribution is 0.353. The molecule has 0 amide bonds. The van der Waals surface area contributed by atoms with Gasteiger partial charge in [-0.25, -0.2) is 0 Å². The van der Waals surface area contributed by atoms with Gasteiger partial charge in [0.25, 0.3) is 0 Å². The lowest BCUT2D eigenvalue weighted by atomic mass is 10.1. The van der Waals surface area contributed by atoms with Crippen molar-refractivity contribution in [3.63, 3.8) is 0 Å². The van der Waals surface area contributed by atoms with Crippen LogP contribution in [-0.4, -0.2) is 11.9 Å². The third-order valence-electron chi connectivity index (χ3n) is 2.05. The molecule has 1 aliphatic rings. The number of rotatable bonds is 0. The first-order valence-electron chi connectivity index (χ1n) is 3.71. The van der Waals surface area contributed by atoms with Crippen molar-refractivity contribution >= 4 is 28.3 Å². The van der Waals surface area contributed by atoms with Crippen molar-refractivity contribution in [2.45, 2.75) is 13.1 Å². The molecule has 0 fully saturated rings. The molecule has 0 spiro atoms. The Morgan fingerprint density at radius 2 is 1.92 bits per heavy atom. The van der Waals surface area contributed by atoms with Crippen molar-refractivity contribution in [1.82, 2.24) is 4.90 Å². The Morgan fingerprint density at radius 3 is 2.67 bits per heavy atom. The van der Waals surface area contributed by atoms with Crippen molar-refractivity contribution < 1.29 is 0 Å². The maximum absolute atomic E-state index is 3.47. The standard InChI is InChI=1S/C9H10BrN.ClH/c1-11-5-7-2-3-9(10)4-8(7)6-11;/h2-4H,5-6H2,1H3;1H. The number of fused-ring (bicyclic) bond motifs is 1. The quantitative estimate of drug-likeness (QED) is 0.682. The predicted octanol–water partition coefficient (Wildman–Crippen LogP) is 2.82. The lowest BCUT2D eigenvalue weighted by Gasteiger charge is -2.02. The average Bonchev–Trinajstić information content (AvgIpc) is 2.27. The SMILES string of the molecule is CN1Cc2ccc(Br)cc2C1.Cl. The smallest absolute Gasteiger partial charge is 0.0237 e. The number of hydrogen-bond acceptors (Lipinski definition) is 1. The van der Waals surface area contributed by atoms with E-state index >= 15 is 0 Å². The maximum Gasteiger partial charge on any atom is 0.0237 e. The molecule has 66 valence electrons. The summed E-state index contributed by atoms with van der Waals surface area (Å²) >= 11 is 3.47. The fourth-order valence-corrected chi connectivity index (χ4v) is 1.94. The summed E-state index contributed by atoms with van der Waals surface area (Å²) < 4.78 is 1.19. The summed E-state index contributed by atoms with van der Waals surface area (Å²) in [6.45, 7) is 2.19. The van der Waals surface area contributed by atoms with E-state index in [0.717, 1.165) is 13.1 Å². The largest absolute Gasteiger partial charge is 0.298 e. The number of benzene rings is 1. The van der Waals surface area contributed by atoms with Crippen LogP contribution >= 0.6 is 28.3 Å². The highest BCUT2D eigenvalue weighted by Gasteiger charge is 2.14. The molecule has 0 radical (unpaired) electrons. The van der Waals surface area contributed by atoms with Crippen molar-refractivity contribution in [2.75, 3.05) is 7.05 Å². The van der Waals surface area contributed by atoms with Gasteiger partial charge in [0.15, 0.2) is 0 Å². The van der Waals surface area contributed by atoms with Gasteiger partial charge in [-0.1, -0.05) is 22.0 Å². The third-order valence-corrected chi connectivity index (χ3v) is 2.54. The summed E-state index contributed by atoms with van der Waals surface area (Å²) in [4.78, 5) is 2.32. The van der Waals surface area contributed by atoms with Gasteiger partial charge >= 0.3 is 0 Å². The van der Waals surface area contributed by atoms with Crippen LogP contribution in [0.2, 0.25) is 0 Å². The molecule has 1 nitrogen and oxygen atoms in total. The van der Waals surface area contributed by atoms with Crippen LogP contribution in [0, 0.1) is 0 Å². The fourth-order valence-electron chi connectivity index (χ4n) is 1.53. The fraction of sp³-hybridized carbons (Fsp3) is 0.333. The highest BCUT2D eigenvalue weighted by Crippen LogP contribution is 2.24. The zero-order valence-electron chi connectivity index (χ0n) is 6.88. The Kier molecular flexibility index (Phi) is 3.16. The second-order valence-electron chi connectivity index (χ2n) is 3.09. The monoisotopic (exact) mass is 247 g/mol. The zero-order chi connectivity index (χ0) is 7.84. The Bertz CT molecular complexity index is 288. The minimum atomic E-state index is 0. The summed E-state index contributed by atoms with van der Waals surface area (Å²) in [5.74, 6) is 0. The predicted molar refractivity (Wildman–Crippen MR) is 56.6 cm³/mol. The Balaban J connectivity index is 0.000000720. The molecule has 0 atom stereocenters. The Morgan fingerprint density at radius 1 is 1.25 bits per heavy atom. The van der Waals surface area contributed by atoms with Gasteiger partial charge in [-0.3, -0.25) is 4.90 Å². The number of halogens is 2. The minimum Gasteiger partial charge on any atom is -0.298 e. The third kappa shape index (κ3) is 1.82. The van der Waals surface area contributed by atoms with Crippen LogP contribution < -0.4 is 0 Å². The number of hydrogen-bond donors (Lipinski definition) is 0. The van der Waals surface area contributed by atoms with Crippen LogP contribution in [-0.2, 0) is 13.1 Å². The molecule has 3 heteroatoms. The second-order valence-corrected chi connectivity index (χ2v) is 4.00. The molecule has 2 rings (SSSR count). The minimum absolute atomic E-state index is 0. The molecule has 0 unspecified atom stereocenters. The first-order valence-corrected chi connectivity index (χ1v) is 4.51. The molecular formula is C9H11BrClN. The molecule has 0 aliphatic carbocycles. The van der Waals surface area contributed by atoms with E-state index in [2.05, 4.69) is 46.1 Å². The van der Waals surface area contributed by atoms with Crippen LogP contribution in [0.25, 0.3) is 0 Å². The van der Waals surface area contributed by atoms with Crippen molar-refractivity contribution in [3.05, 3.63) is 33.8 Å². The summed E-state index contributed by atoms with van der Waals surface area (Å²) in [7, 11) is 2.15. The zero-order valence-corrected chi connectivity index (χ0v) is 9.28. The molecule has 0 aromatic heterocycles. The van der Waals surface area contributed by atoms with Gasteiger partial charge in [0, 0.05) is 17.6 Å². The first-order chi connectivity index (χ1) is 5.25. The van der Waals surface area contributed by atoms with Crippen LogP contribution in [0.15, 0.2) is 22.7 Å².